The number of aromatic nitrogens is 1. The van der Waals surface area contributed by atoms with Gasteiger partial charge in [0.25, 0.3) is 0 Å². The minimum Gasteiger partial charge on any atom is -0.450 e. The van der Waals surface area contributed by atoms with Crippen molar-refractivity contribution in [2.24, 2.45) is 0 Å². The van der Waals surface area contributed by atoms with Gasteiger partial charge in [0.05, 0.1) is 11.6 Å². The lowest BCUT2D eigenvalue weighted by molar-refractivity contribution is 0.0403. The summed E-state index contributed by atoms with van der Waals surface area (Å²) in [6, 6.07) is 15.1. The van der Waals surface area contributed by atoms with E-state index in [1.165, 1.54) is 12.1 Å². The largest absolute Gasteiger partial charge is 0.450 e. The van der Waals surface area contributed by atoms with Crippen molar-refractivity contribution in [3.63, 3.8) is 0 Å². The molecule has 2 aromatic carbocycles. The second kappa shape index (κ2) is 7.09. The molecule has 0 radical (unpaired) electrons. The Balaban J connectivity index is 1.50. The topological polar surface area (TPSA) is 82.5 Å². The number of hydrogen-bond donors (Lipinski definition) is 0. The van der Waals surface area contributed by atoms with Crippen molar-refractivity contribution in [3.05, 3.63) is 87.7 Å². The van der Waals surface area contributed by atoms with Crippen LogP contribution in [0.2, 0.25) is 5.02 Å². The number of halogens is 1. The molecule has 0 atom stereocenters. The highest BCUT2D eigenvalue weighted by molar-refractivity contribution is 6.31. The van der Waals surface area contributed by atoms with Crippen LogP contribution < -0.4 is 5.43 Å². The Morgan fingerprint density at radius 2 is 1.89 bits per heavy atom. The monoisotopic (exact) mass is 381 g/mol. The van der Waals surface area contributed by atoms with Crippen molar-refractivity contribution in [2.75, 3.05) is 0 Å². The SMILES string of the molecule is O=C(OCc1ncc(-c2ccccc2)o1)c1cc(=O)c2cc(Cl)ccc2o1. The molecule has 0 N–H and O–H groups in total. The first kappa shape index (κ1) is 17.1. The number of ether oxygens (including phenoxy) is 1. The molecule has 0 spiro atoms. The maximum absolute atomic E-state index is 12.2. The van der Waals surface area contributed by atoms with Crippen LogP contribution in [0.15, 0.2) is 74.4 Å². The van der Waals surface area contributed by atoms with Crippen LogP contribution in [0.3, 0.4) is 0 Å². The van der Waals surface area contributed by atoms with E-state index in [-0.39, 0.29) is 29.3 Å². The number of hydrogen-bond acceptors (Lipinski definition) is 6. The summed E-state index contributed by atoms with van der Waals surface area (Å²) in [5, 5.41) is 0.697. The normalized spacial score (nSPS) is 10.9. The van der Waals surface area contributed by atoms with Gasteiger partial charge in [0.2, 0.25) is 11.7 Å². The summed E-state index contributed by atoms with van der Waals surface area (Å²) < 4.78 is 16.1. The Kier molecular flexibility index (Phi) is 4.48. The molecular weight excluding hydrogens is 370 g/mol. The molecule has 7 heteroatoms. The molecule has 6 nitrogen and oxygen atoms in total. The number of fused-ring (bicyclic) bond motifs is 1. The van der Waals surface area contributed by atoms with E-state index in [0.717, 1.165) is 11.6 Å². The van der Waals surface area contributed by atoms with Gasteiger partial charge in [-0.15, -0.1) is 0 Å². The minimum absolute atomic E-state index is 0.186. The molecule has 0 fully saturated rings. The van der Waals surface area contributed by atoms with Gasteiger partial charge in [0.1, 0.15) is 5.58 Å². The zero-order valence-electron chi connectivity index (χ0n) is 13.8. The Morgan fingerprint density at radius 3 is 2.70 bits per heavy atom. The highest BCUT2D eigenvalue weighted by Crippen LogP contribution is 2.21. The Morgan fingerprint density at radius 1 is 1.07 bits per heavy atom. The van der Waals surface area contributed by atoms with E-state index in [1.807, 2.05) is 30.3 Å². The van der Waals surface area contributed by atoms with Crippen LogP contribution in [0.1, 0.15) is 16.4 Å². The first-order valence-corrected chi connectivity index (χ1v) is 8.38. The van der Waals surface area contributed by atoms with E-state index in [4.69, 9.17) is 25.2 Å². The lowest BCUT2D eigenvalue weighted by atomic mass is 10.2. The third kappa shape index (κ3) is 3.61. The Labute approximate surface area is 158 Å². The van der Waals surface area contributed by atoms with Crippen LogP contribution in [-0.4, -0.2) is 11.0 Å². The molecule has 0 saturated heterocycles. The van der Waals surface area contributed by atoms with Crippen molar-refractivity contribution >= 4 is 28.5 Å². The van der Waals surface area contributed by atoms with E-state index in [1.54, 1.807) is 12.3 Å². The van der Waals surface area contributed by atoms with E-state index in [9.17, 15) is 9.59 Å². The van der Waals surface area contributed by atoms with Crippen LogP contribution in [0.5, 0.6) is 0 Å². The lowest BCUT2D eigenvalue weighted by Gasteiger charge is -2.03. The number of benzene rings is 2. The number of oxazole rings is 1. The van der Waals surface area contributed by atoms with E-state index >= 15 is 0 Å². The second-order valence-electron chi connectivity index (χ2n) is 5.68. The number of carbonyl (C=O) groups is 1. The summed E-state index contributed by atoms with van der Waals surface area (Å²) in [5.41, 5.74) is 0.733. The molecule has 0 saturated carbocycles. The second-order valence-corrected chi connectivity index (χ2v) is 6.11. The van der Waals surface area contributed by atoms with Gasteiger partial charge in [-0.25, -0.2) is 9.78 Å². The van der Waals surface area contributed by atoms with Crippen molar-refractivity contribution in [1.82, 2.24) is 4.98 Å². The summed E-state index contributed by atoms with van der Waals surface area (Å²) in [4.78, 5) is 28.4. The van der Waals surface area contributed by atoms with Gasteiger partial charge in [0.15, 0.2) is 17.8 Å². The Hall–Kier alpha value is -3.38. The molecule has 4 aromatic rings. The zero-order valence-corrected chi connectivity index (χ0v) is 14.6. The van der Waals surface area contributed by atoms with Crippen LogP contribution in [0.25, 0.3) is 22.3 Å². The molecule has 27 heavy (non-hydrogen) atoms. The predicted molar refractivity (Wildman–Crippen MR) is 98.6 cm³/mol. The lowest BCUT2D eigenvalue weighted by Crippen LogP contribution is -2.10. The van der Waals surface area contributed by atoms with Gasteiger partial charge in [0, 0.05) is 16.7 Å². The van der Waals surface area contributed by atoms with Gasteiger partial charge in [-0.3, -0.25) is 4.79 Å². The van der Waals surface area contributed by atoms with Crippen LogP contribution in [0.4, 0.5) is 0 Å². The highest BCUT2D eigenvalue weighted by Gasteiger charge is 2.16. The number of carbonyl (C=O) groups excluding carboxylic acids is 1. The fourth-order valence-corrected chi connectivity index (χ4v) is 2.71. The van der Waals surface area contributed by atoms with E-state index in [2.05, 4.69) is 4.98 Å². The van der Waals surface area contributed by atoms with E-state index < -0.39 is 5.97 Å². The summed E-state index contributed by atoms with van der Waals surface area (Å²) in [5.74, 6) is -0.194. The minimum atomic E-state index is -0.789. The average molecular weight is 382 g/mol. The molecule has 4 rings (SSSR count). The smallest absolute Gasteiger partial charge is 0.374 e. The third-order valence-corrected chi connectivity index (χ3v) is 4.06. The van der Waals surface area contributed by atoms with Crippen molar-refractivity contribution < 1.29 is 18.4 Å². The summed E-state index contributed by atoms with van der Waals surface area (Å²) in [7, 11) is 0. The van der Waals surface area contributed by atoms with Crippen LogP contribution in [0, 0.1) is 0 Å². The summed E-state index contributed by atoms with van der Waals surface area (Å²) >= 11 is 5.87. The van der Waals surface area contributed by atoms with Crippen LogP contribution >= 0.6 is 11.6 Å². The fraction of sp³-hybridized carbons (Fsp3) is 0.0500. The number of rotatable bonds is 4. The molecular formula is C20H12ClNO5. The molecule has 0 bridgehead atoms. The quantitative estimate of drug-likeness (QED) is 0.485. The van der Waals surface area contributed by atoms with Gasteiger partial charge in [-0.1, -0.05) is 41.9 Å². The zero-order chi connectivity index (χ0) is 18.8. The maximum atomic E-state index is 12.2. The molecule has 0 aliphatic heterocycles. The molecule has 0 unspecified atom stereocenters. The predicted octanol–water partition coefficient (Wildman–Crippen LogP) is 4.46. The fourth-order valence-electron chi connectivity index (χ4n) is 2.54. The van der Waals surface area contributed by atoms with Crippen molar-refractivity contribution in [3.8, 4) is 11.3 Å². The molecule has 0 aliphatic carbocycles. The first-order chi connectivity index (χ1) is 13.1. The maximum Gasteiger partial charge on any atom is 0.374 e. The highest BCUT2D eigenvalue weighted by atomic mass is 35.5. The Bertz CT molecular complexity index is 1180. The molecule has 2 heterocycles. The summed E-state index contributed by atoms with van der Waals surface area (Å²) in [6.45, 7) is -0.186. The first-order valence-electron chi connectivity index (χ1n) is 8.01. The molecule has 0 amide bonds. The number of esters is 1. The van der Waals surface area contributed by atoms with Gasteiger partial charge >= 0.3 is 5.97 Å². The standard InChI is InChI=1S/C20H12ClNO5/c21-13-6-7-16-14(8-13)15(23)9-17(26-16)20(24)25-11-19-22-10-18(27-19)12-4-2-1-3-5-12/h1-10H,11H2. The summed E-state index contributed by atoms with van der Waals surface area (Å²) in [6.07, 6.45) is 1.55. The van der Waals surface area contributed by atoms with E-state index in [0.29, 0.717) is 16.2 Å². The van der Waals surface area contributed by atoms with Crippen molar-refractivity contribution in [2.45, 2.75) is 6.61 Å². The molecule has 134 valence electrons. The number of nitrogens with zero attached hydrogens (tertiary/aromatic N) is 1. The van der Waals surface area contributed by atoms with Gasteiger partial charge in [-0.05, 0) is 18.2 Å². The average Bonchev–Trinajstić information content (AvgIpc) is 3.16. The third-order valence-electron chi connectivity index (χ3n) is 3.83. The van der Waals surface area contributed by atoms with Crippen LogP contribution in [-0.2, 0) is 11.3 Å². The van der Waals surface area contributed by atoms with Crippen molar-refractivity contribution in [1.29, 1.82) is 0 Å². The molecule has 2 aromatic heterocycles. The molecule has 0 aliphatic rings. The van der Waals surface area contributed by atoms with Gasteiger partial charge in [-0.2, -0.15) is 0 Å². The van der Waals surface area contributed by atoms with Gasteiger partial charge < -0.3 is 13.6 Å².